The molecule has 0 spiro atoms. The van der Waals surface area contributed by atoms with Gasteiger partial charge in [-0.05, 0) is 62.1 Å². The SMILES string of the molecule is CC1(CN=C(NC(=O)c2ccc(F)c(F)c2)NC(N)CC(N)c2ccc(Cl)cc2)CCCO1. The average molecular weight is 480 g/mol. The molecule has 1 heterocycles. The van der Waals surface area contributed by atoms with Crippen LogP contribution in [0.25, 0.3) is 0 Å². The van der Waals surface area contributed by atoms with Gasteiger partial charge in [-0.2, -0.15) is 0 Å². The number of benzene rings is 2. The summed E-state index contributed by atoms with van der Waals surface area (Å²) in [5.41, 5.74) is 12.8. The first-order chi connectivity index (χ1) is 15.6. The van der Waals surface area contributed by atoms with Crippen LogP contribution in [0.4, 0.5) is 8.78 Å². The highest BCUT2D eigenvalue weighted by Crippen LogP contribution is 2.25. The molecule has 1 aliphatic rings. The second-order valence-corrected chi connectivity index (χ2v) is 8.73. The molecule has 0 aromatic heterocycles. The number of rotatable bonds is 7. The minimum absolute atomic E-state index is 0.0573. The molecule has 1 saturated heterocycles. The summed E-state index contributed by atoms with van der Waals surface area (Å²) in [6.45, 7) is 2.86. The van der Waals surface area contributed by atoms with Crippen molar-refractivity contribution in [3.8, 4) is 0 Å². The van der Waals surface area contributed by atoms with E-state index in [0.717, 1.165) is 30.5 Å². The van der Waals surface area contributed by atoms with Crippen molar-refractivity contribution >= 4 is 23.5 Å². The first-order valence-corrected chi connectivity index (χ1v) is 11.0. The fourth-order valence-corrected chi connectivity index (χ4v) is 3.63. The van der Waals surface area contributed by atoms with Crippen LogP contribution >= 0.6 is 11.6 Å². The number of guanidine groups is 1. The third-order valence-electron chi connectivity index (χ3n) is 5.41. The van der Waals surface area contributed by atoms with Gasteiger partial charge in [-0.15, -0.1) is 0 Å². The van der Waals surface area contributed by atoms with E-state index in [-0.39, 0.29) is 24.1 Å². The average Bonchev–Trinajstić information content (AvgIpc) is 3.21. The Balaban J connectivity index is 1.70. The summed E-state index contributed by atoms with van der Waals surface area (Å²) in [5.74, 6) is -2.72. The standard InChI is InChI=1S/C23H28ClF2N5O2/c1-23(9-2-10-33-23)13-29-22(31-21(32)15-5-8-17(25)18(26)11-15)30-20(28)12-19(27)14-3-6-16(24)7-4-14/h3-8,11,19-20H,2,9-10,12-13,27-28H2,1H3,(H2,29,30,31,32). The summed E-state index contributed by atoms with van der Waals surface area (Å²) >= 11 is 5.92. The first kappa shape index (κ1) is 25.0. The lowest BCUT2D eigenvalue weighted by Gasteiger charge is -2.24. The number of aliphatic imine (C=N–C) groups is 1. The number of nitrogens with one attached hydrogen (secondary N) is 2. The van der Waals surface area contributed by atoms with E-state index in [2.05, 4.69) is 15.6 Å². The van der Waals surface area contributed by atoms with E-state index in [4.69, 9.17) is 27.8 Å². The molecule has 2 aromatic rings. The van der Waals surface area contributed by atoms with Crippen LogP contribution in [-0.4, -0.2) is 36.8 Å². The zero-order valence-electron chi connectivity index (χ0n) is 18.3. The summed E-state index contributed by atoms with van der Waals surface area (Å²) in [4.78, 5) is 17.1. The van der Waals surface area contributed by atoms with E-state index in [0.29, 0.717) is 18.1 Å². The number of nitrogens with two attached hydrogens (primary N) is 2. The highest BCUT2D eigenvalue weighted by Gasteiger charge is 2.29. The van der Waals surface area contributed by atoms with E-state index in [1.807, 2.05) is 19.1 Å². The number of carbonyl (C=O) groups is 1. The maximum Gasteiger partial charge on any atom is 0.258 e. The molecule has 3 rings (SSSR count). The van der Waals surface area contributed by atoms with E-state index >= 15 is 0 Å². The van der Waals surface area contributed by atoms with Crippen molar-refractivity contribution in [1.82, 2.24) is 10.6 Å². The number of hydrogen-bond donors (Lipinski definition) is 4. The number of ether oxygens (including phenoxy) is 1. The van der Waals surface area contributed by atoms with Crippen molar-refractivity contribution in [2.24, 2.45) is 16.5 Å². The second kappa shape index (κ2) is 11.0. The van der Waals surface area contributed by atoms with Crippen LogP contribution in [0, 0.1) is 11.6 Å². The normalized spacial score (nSPS) is 20.4. The fraction of sp³-hybridized carbons (Fsp3) is 0.391. The van der Waals surface area contributed by atoms with E-state index in [1.165, 1.54) is 6.07 Å². The van der Waals surface area contributed by atoms with Gasteiger partial charge in [0.25, 0.3) is 5.91 Å². The van der Waals surface area contributed by atoms with Gasteiger partial charge in [0.2, 0.25) is 0 Å². The van der Waals surface area contributed by atoms with Crippen LogP contribution in [0.1, 0.15) is 48.1 Å². The molecule has 10 heteroatoms. The van der Waals surface area contributed by atoms with Crippen LogP contribution in [0.5, 0.6) is 0 Å². The van der Waals surface area contributed by atoms with Gasteiger partial charge in [-0.1, -0.05) is 23.7 Å². The maximum atomic E-state index is 13.6. The largest absolute Gasteiger partial charge is 0.373 e. The molecule has 33 heavy (non-hydrogen) atoms. The monoisotopic (exact) mass is 479 g/mol. The Kier molecular flexibility index (Phi) is 8.36. The smallest absolute Gasteiger partial charge is 0.258 e. The molecule has 178 valence electrons. The molecule has 0 aliphatic carbocycles. The number of hydrogen-bond acceptors (Lipinski definition) is 5. The molecular formula is C23H28ClF2N5O2. The minimum Gasteiger partial charge on any atom is -0.373 e. The molecule has 3 atom stereocenters. The van der Waals surface area contributed by atoms with Crippen molar-refractivity contribution < 1.29 is 18.3 Å². The lowest BCUT2D eigenvalue weighted by Crippen LogP contribution is -2.51. The van der Waals surface area contributed by atoms with Crippen LogP contribution < -0.4 is 22.1 Å². The van der Waals surface area contributed by atoms with Gasteiger partial charge >= 0.3 is 0 Å². The summed E-state index contributed by atoms with van der Waals surface area (Å²) in [6, 6.07) is 9.63. The topological polar surface area (TPSA) is 115 Å². The van der Waals surface area contributed by atoms with Gasteiger partial charge in [0, 0.05) is 23.2 Å². The summed E-state index contributed by atoms with van der Waals surface area (Å²) in [7, 11) is 0. The highest BCUT2D eigenvalue weighted by atomic mass is 35.5. The second-order valence-electron chi connectivity index (χ2n) is 8.29. The molecular weight excluding hydrogens is 452 g/mol. The summed E-state index contributed by atoms with van der Waals surface area (Å²) in [5, 5.41) is 6.16. The molecule has 1 aliphatic heterocycles. The lowest BCUT2D eigenvalue weighted by molar-refractivity contribution is 0.0283. The van der Waals surface area contributed by atoms with Crippen molar-refractivity contribution in [1.29, 1.82) is 0 Å². The Morgan fingerprint density at radius 3 is 2.58 bits per heavy atom. The number of nitrogens with zero attached hydrogens (tertiary/aromatic N) is 1. The van der Waals surface area contributed by atoms with Crippen LogP contribution in [0.15, 0.2) is 47.5 Å². The Morgan fingerprint density at radius 1 is 1.21 bits per heavy atom. The molecule has 0 saturated carbocycles. The number of halogens is 3. The Hall–Kier alpha value is -2.59. The predicted octanol–water partition coefficient (Wildman–Crippen LogP) is 3.24. The molecule has 1 amide bonds. The van der Waals surface area contributed by atoms with Crippen molar-refractivity contribution in [3.05, 3.63) is 70.2 Å². The highest BCUT2D eigenvalue weighted by molar-refractivity contribution is 6.30. The third-order valence-corrected chi connectivity index (χ3v) is 5.67. The van der Waals surface area contributed by atoms with Crippen molar-refractivity contribution in [2.75, 3.05) is 13.2 Å². The van der Waals surface area contributed by atoms with E-state index in [9.17, 15) is 13.6 Å². The Labute approximate surface area is 196 Å². The molecule has 0 bridgehead atoms. The van der Waals surface area contributed by atoms with E-state index < -0.39 is 29.3 Å². The molecule has 3 unspecified atom stereocenters. The molecule has 2 aromatic carbocycles. The number of amides is 1. The maximum absolute atomic E-state index is 13.6. The van der Waals surface area contributed by atoms with Gasteiger partial charge in [0.05, 0.1) is 18.3 Å². The molecule has 7 nitrogen and oxygen atoms in total. The Morgan fingerprint density at radius 2 is 1.94 bits per heavy atom. The zero-order valence-corrected chi connectivity index (χ0v) is 19.0. The van der Waals surface area contributed by atoms with Crippen LogP contribution in [0.2, 0.25) is 5.02 Å². The molecule has 1 fully saturated rings. The first-order valence-electron chi connectivity index (χ1n) is 10.6. The van der Waals surface area contributed by atoms with Crippen LogP contribution in [-0.2, 0) is 4.74 Å². The van der Waals surface area contributed by atoms with Gasteiger partial charge < -0.3 is 21.5 Å². The van der Waals surface area contributed by atoms with Gasteiger partial charge in [-0.3, -0.25) is 10.1 Å². The Bertz CT molecular complexity index is 997. The zero-order chi connectivity index (χ0) is 24.0. The fourth-order valence-electron chi connectivity index (χ4n) is 3.50. The predicted molar refractivity (Wildman–Crippen MR) is 124 cm³/mol. The van der Waals surface area contributed by atoms with Gasteiger partial charge in [-0.25, -0.2) is 13.8 Å². The van der Waals surface area contributed by atoms with Crippen molar-refractivity contribution in [3.63, 3.8) is 0 Å². The summed E-state index contributed by atoms with van der Waals surface area (Å²) < 4.78 is 32.5. The quantitative estimate of drug-likeness (QED) is 0.276. The number of carbonyl (C=O) groups excluding carboxylic acids is 1. The van der Waals surface area contributed by atoms with E-state index in [1.54, 1.807) is 12.1 Å². The summed E-state index contributed by atoms with van der Waals surface area (Å²) in [6.07, 6.45) is 1.42. The lowest BCUT2D eigenvalue weighted by atomic mass is 10.0. The van der Waals surface area contributed by atoms with Gasteiger partial charge in [0.15, 0.2) is 17.6 Å². The van der Waals surface area contributed by atoms with Crippen LogP contribution in [0.3, 0.4) is 0 Å². The minimum atomic E-state index is -1.12. The molecule has 0 radical (unpaired) electrons. The van der Waals surface area contributed by atoms with Gasteiger partial charge in [0.1, 0.15) is 0 Å². The third kappa shape index (κ3) is 7.20. The van der Waals surface area contributed by atoms with Crippen molar-refractivity contribution in [2.45, 2.75) is 44.0 Å². The molecule has 6 N–H and O–H groups in total.